The molecule has 126 valence electrons. The van der Waals surface area contributed by atoms with Gasteiger partial charge in [0.25, 0.3) is 5.91 Å². The molecule has 3 rings (SSSR count). The molecule has 0 N–H and O–H groups in total. The molecule has 1 aliphatic heterocycles. The van der Waals surface area contributed by atoms with E-state index in [2.05, 4.69) is 0 Å². The lowest BCUT2D eigenvalue weighted by Crippen LogP contribution is -2.31. The molecule has 2 aromatic carbocycles. The van der Waals surface area contributed by atoms with Crippen LogP contribution in [0, 0.1) is 0 Å². The van der Waals surface area contributed by atoms with Gasteiger partial charge in [0.2, 0.25) is 6.79 Å². The average molecular weight is 368 g/mol. The fraction of sp³-hybridized carbons (Fsp3) is 0.235. The number of rotatable bonds is 5. The maximum absolute atomic E-state index is 12.2. The third kappa shape index (κ3) is 3.86. The maximum Gasteiger partial charge on any atom is 0.260 e. The quantitative estimate of drug-likeness (QED) is 0.807. The summed E-state index contributed by atoms with van der Waals surface area (Å²) in [6.45, 7) is 0.533. The van der Waals surface area contributed by atoms with Gasteiger partial charge in [0.15, 0.2) is 18.1 Å². The number of benzene rings is 2. The minimum absolute atomic E-state index is 0.124. The first kappa shape index (κ1) is 16.7. The molecule has 24 heavy (non-hydrogen) atoms. The Bertz CT molecular complexity index is 766. The predicted molar refractivity (Wildman–Crippen MR) is 91.0 cm³/mol. The summed E-state index contributed by atoms with van der Waals surface area (Å²) in [6, 6.07) is 10.4. The van der Waals surface area contributed by atoms with E-state index in [1.807, 2.05) is 18.2 Å². The smallest absolute Gasteiger partial charge is 0.260 e. The zero-order chi connectivity index (χ0) is 17.1. The SMILES string of the molecule is CN(Cc1ccc2c(c1)OCO2)C(=O)COc1cc(Cl)ccc1Cl. The first-order valence-corrected chi connectivity index (χ1v) is 7.99. The summed E-state index contributed by atoms with van der Waals surface area (Å²) in [4.78, 5) is 13.8. The number of nitrogens with zero attached hydrogens (tertiary/aromatic N) is 1. The molecular weight excluding hydrogens is 353 g/mol. The van der Waals surface area contributed by atoms with Crippen LogP contribution in [0.2, 0.25) is 10.0 Å². The second-order valence-electron chi connectivity index (χ2n) is 5.30. The van der Waals surface area contributed by atoms with Crippen LogP contribution in [0.1, 0.15) is 5.56 Å². The van der Waals surface area contributed by atoms with Crippen molar-refractivity contribution < 1.29 is 19.0 Å². The first-order valence-electron chi connectivity index (χ1n) is 7.23. The monoisotopic (exact) mass is 367 g/mol. The standard InChI is InChI=1S/C17H15Cl2NO4/c1-20(8-11-2-5-14-16(6-11)24-10-23-14)17(21)9-22-15-7-12(18)3-4-13(15)19/h2-7H,8-10H2,1H3. The van der Waals surface area contributed by atoms with E-state index in [4.69, 9.17) is 37.4 Å². The highest BCUT2D eigenvalue weighted by molar-refractivity contribution is 6.34. The van der Waals surface area contributed by atoms with Gasteiger partial charge in [-0.1, -0.05) is 29.3 Å². The Morgan fingerprint density at radius 1 is 1.17 bits per heavy atom. The zero-order valence-corrected chi connectivity index (χ0v) is 14.4. The van der Waals surface area contributed by atoms with Crippen LogP contribution in [0.25, 0.3) is 0 Å². The Morgan fingerprint density at radius 2 is 1.96 bits per heavy atom. The molecule has 0 unspecified atom stereocenters. The van der Waals surface area contributed by atoms with E-state index in [0.717, 1.165) is 5.56 Å². The van der Waals surface area contributed by atoms with Gasteiger partial charge < -0.3 is 19.1 Å². The van der Waals surface area contributed by atoms with Gasteiger partial charge in [-0.3, -0.25) is 4.79 Å². The third-order valence-corrected chi connectivity index (χ3v) is 4.07. The number of hydrogen-bond donors (Lipinski definition) is 0. The second kappa shape index (κ2) is 7.20. The molecule has 0 bridgehead atoms. The molecule has 0 atom stereocenters. The van der Waals surface area contributed by atoms with Crippen molar-refractivity contribution in [2.24, 2.45) is 0 Å². The van der Waals surface area contributed by atoms with Crippen LogP contribution >= 0.6 is 23.2 Å². The van der Waals surface area contributed by atoms with Crippen LogP contribution in [0.15, 0.2) is 36.4 Å². The van der Waals surface area contributed by atoms with E-state index >= 15 is 0 Å². The Kier molecular flexibility index (Phi) is 5.02. The maximum atomic E-state index is 12.2. The molecule has 1 heterocycles. The molecular formula is C17H15Cl2NO4. The molecule has 0 saturated heterocycles. The van der Waals surface area contributed by atoms with Gasteiger partial charge in [0.05, 0.1) is 5.02 Å². The lowest BCUT2D eigenvalue weighted by Gasteiger charge is -2.18. The van der Waals surface area contributed by atoms with Crippen molar-refractivity contribution in [1.29, 1.82) is 0 Å². The van der Waals surface area contributed by atoms with E-state index in [0.29, 0.717) is 33.8 Å². The highest BCUT2D eigenvalue weighted by atomic mass is 35.5. The fourth-order valence-electron chi connectivity index (χ4n) is 2.24. The molecule has 1 amide bonds. The number of ether oxygens (including phenoxy) is 3. The van der Waals surface area contributed by atoms with Crippen molar-refractivity contribution in [3.05, 3.63) is 52.0 Å². The van der Waals surface area contributed by atoms with E-state index in [1.165, 1.54) is 0 Å². The van der Waals surface area contributed by atoms with Gasteiger partial charge in [-0.15, -0.1) is 0 Å². The highest BCUT2D eigenvalue weighted by Gasteiger charge is 2.16. The van der Waals surface area contributed by atoms with Crippen molar-refractivity contribution in [2.75, 3.05) is 20.4 Å². The third-order valence-electron chi connectivity index (χ3n) is 3.53. The van der Waals surface area contributed by atoms with Crippen LogP contribution in [0.4, 0.5) is 0 Å². The molecule has 7 heteroatoms. The zero-order valence-electron chi connectivity index (χ0n) is 12.9. The number of carbonyl (C=O) groups is 1. The van der Waals surface area contributed by atoms with E-state index in [9.17, 15) is 4.79 Å². The van der Waals surface area contributed by atoms with Crippen LogP contribution in [0.3, 0.4) is 0 Å². The van der Waals surface area contributed by atoms with Crippen molar-refractivity contribution in [3.63, 3.8) is 0 Å². The van der Waals surface area contributed by atoms with Crippen LogP contribution in [-0.4, -0.2) is 31.3 Å². The molecule has 0 aromatic heterocycles. The molecule has 0 fully saturated rings. The van der Waals surface area contributed by atoms with Crippen molar-refractivity contribution in [3.8, 4) is 17.2 Å². The summed E-state index contributed by atoms with van der Waals surface area (Å²) in [6.07, 6.45) is 0. The van der Waals surface area contributed by atoms with Gasteiger partial charge in [0.1, 0.15) is 5.75 Å². The van der Waals surface area contributed by atoms with Crippen molar-refractivity contribution in [2.45, 2.75) is 6.54 Å². The average Bonchev–Trinajstić information content (AvgIpc) is 3.03. The van der Waals surface area contributed by atoms with Gasteiger partial charge >= 0.3 is 0 Å². The fourth-order valence-corrected chi connectivity index (χ4v) is 2.57. The predicted octanol–water partition coefficient (Wildman–Crippen LogP) is 3.76. The minimum Gasteiger partial charge on any atom is -0.482 e. The second-order valence-corrected chi connectivity index (χ2v) is 6.14. The molecule has 0 aliphatic carbocycles. The molecule has 0 radical (unpaired) electrons. The Morgan fingerprint density at radius 3 is 2.79 bits per heavy atom. The lowest BCUT2D eigenvalue weighted by molar-refractivity contribution is -0.132. The van der Waals surface area contributed by atoms with Gasteiger partial charge in [-0.05, 0) is 29.8 Å². The van der Waals surface area contributed by atoms with Gasteiger partial charge in [-0.25, -0.2) is 0 Å². The summed E-state index contributed by atoms with van der Waals surface area (Å²) >= 11 is 11.9. The van der Waals surface area contributed by atoms with Crippen LogP contribution in [0.5, 0.6) is 17.2 Å². The molecule has 1 aliphatic rings. The summed E-state index contributed by atoms with van der Waals surface area (Å²) < 4.78 is 16.1. The van der Waals surface area contributed by atoms with E-state index in [-0.39, 0.29) is 19.3 Å². The summed E-state index contributed by atoms with van der Waals surface area (Å²) in [5, 5.41) is 0.904. The van der Waals surface area contributed by atoms with Crippen LogP contribution in [-0.2, 0) is 11.3 Å². The molecule has 0 spiro atoms. The highest BCUT2D eigenvalue weighted by Crippen LogP contribution is 2.32. The largest absolute Gasteiger partial charge is 0.482 e. The van der Waals surface area contributed by atoms with E-state index < -0.39 is 0 Å². The number of likely N-dealkylation sites (N-methyl/N-ethyl adjacent to an activating group) is 1. The van der Waals surface area contributed by atoms with Gasteiger partial charge in [-0.2, -0.15) is 0 Å². The minimum atomic E-state index is -0.177. The van der Waals surface area contributed by atoms with Crippen LogP contribution < -0.4 is 14.2 Å². The summed E-state index contributed by atoms with van der Waals surface area (Å²) in [7, 11) is 1.70. The Labute approximate surface area is 149 Å². The molecule has 0 saturated carbocycles. The molecule has 5 nitrogen and oxygen atoms in total. The summed E-state index contributed by atoms with van der Waals surface area (Å²) in [5.41, 5.74) is 0.941. The molecule has 2 aromatic rings. The van der Waals surface area contributed by atoms with Crippen molar-refractivity contribution >= 4 is 29.1 Å². The Balaban J connectivity index is 1.57. The number of fused-ring (bicyclic) bond motifs is 1. The lowest BCUT2D eigenvalue weighted by atomic mass is 10.2. The summed E-state index contributed by atoms with van der Waals surface area (Å²) in [5.74, 6) is 1.61. The number of halogens is 2. The van der Waals surface area contributed by atoms with Crippen molar-refractivity contribution in [1.82, 2.24) is 4.90 Å². The number of amides is 1. The van der Waals surface area contributed by atoms with Gasteiger partial charge in [0, 0.05) is 24.7 Å². The normalized spacial score (nSPS) is 12.1. The Hall–Kier alpha value is -2.11. The first-order chi connectivity index (χ1) is 11.5. The number of hydrogen-bond acceptors (Lipinski definition) is 4. The van der Waals surface area contributed by atoms with E-state index in [1.54, 1.807) is 30.1 Å². The number of carbonyl (C=O) groups excluding carboxylic acids is 1. The topological polar surface area (TPSA) is 48.0 Å².